The fourth-order valence-electron chi connectivity index (χ4n) is 3.83. The number of benzene rings is 2. The maximum atomic E-state index is 13.2. The summed E-state index contributed by atoms with van der Waals surface area (Å²) in [6.07, 6.45) is 2.18. The zero-order chi connectivity index (χ0) is 27.2. The van der Waals surface area contributed by atoms with Crippen LogP contribution >= 0.6 is 0 Å². The van der Waals surface area contributed by atoms with Crippen LogP contribution in [-0.2, 0) is 32.1 Å². The molecule has 0 aromatic heterocycles. The zero-order valence-electron chi connectivity index (χ0n) is 22.0. The zero-order valence-corrected chi connectivity index (χ0v) is 22.0. The highest BCUT2D eigenvalue weighted by molar-refractivity contribution is 5.92. The number of amides is 3. The Bertz CT molecular complexity index is 995. The van der Waals surface area contributed by atoms with Gasteiger partial charge in [0.05, 0.1) is 6.04 Å². The number of carbonyl (C=O) groups excluding carboxylic acids is 4. The van der Waals surface area contributed by atoms with Crippen LogP contribution in [0.5, 0.6) is 0 Å². The molecule has 0 fully saturated rings. The molecule has 37 heavy (non-hydrogen) atoms. The second-order valence-electron chi connectivity index (χ2n) is 9.95. The molecular weight excluding hydrogens is 470 g/mol. The van der Waals surface area contributed by atoms with E-state index in [9.17, 15) is 19.2 Å². The predicted octanol–water partition coefficient (Wildman–Crippen LogP) is 3.70. The normalized spacial score (nSPS) is 13.4. The van der Waals surface area contributed by atoms with Crippen LogP contribution < -0.4 is 16.0 Å². The number of hydrogen-bond acceptors (Lipinski definition) is 5. The van der Waals surface area contributed by atoms with E-state index in [-0.39, 0.29) is 18.4 Å². The van der Waals surface area contributed by atoms with Gasteiger partial charge in [0.25, 0.3) is 0 Å². The molecule has 0 saturated carbocycles. The standard InChI is InChI=1S/C29H38N3O5/c1-20(2)15-25(27(34)30-24(18-33)17-22-11-7-5-8-12-22)31-28(35)26(16-21(3)4)32-29(36)37-19-23-13-9-6-10-14-23/h5-14,20-21,24-26H,15-17,19H2,1-4H3,(H,30,34)(H,31,35)(H,32,36). The summed E-state index contributed by atoms with van der Waals surface area (Å²) in [6.45, 7) is 7.81. The molecule has 2 rings (SSSR count). The first kappa shape index (κ1) is 29.5. The van der Waals surface area contributed by atoms with Gasteiger partial charge < -0.3 is 20.7 Å². The van der Waals surface area contributed by atoms with Gasteiger partial charge in [0.1, 0.15) is 18.7 Å². The van der Waals surface area contributed by atoms with Gasteiger partial charge in [-0.1, -0.05) is 88.4 Å². The van der Waals surface area contributed by atoms with Gasteiger partial charge in [0.15, 0.2) is 0 Å². The molecule has 1 radical (unpaired) electrons. The summed E-state index contributed by atoms with van der Waals surface area (Å²) in [4.78, 5) is 50.2. The van der Waals surface area contributed by atoms with Crippen molar-refractivity contribution in [1.82, 2.24) is 16.0 Å². The summed E-state index contributed by atoms with van der Waals surface area (Å²) in [5, 5.41) is 8.10. The minimum absolute atomic E-state index is 0.0755. The topological polar surface area (TPSA) is 114 Å². The Balaban J connectivity index is 2.04. The Kier molecular flexibility index (Phi) is 12.3. The monoisotopic (exact) mass is 508 g/mol. The Morgan fingerprint density at radius 2 is 1.22 bits per heavy atom. The van der Waals surface area contributed by atoms with E-state index in [1.54, 1.807) is 0 Å². The average Bonchev–Trinajstić information content (AvgIpc) is 2.86. The van der Waals surface area contributed by atoms with E-state index >= 15 is 0 Å². The SMILES string of the molecule is CC(C)CC(NC(=O)OCc1ccccc1)C(=O)NC(CC(C)C)C(=O)NC([C]=O)Cc1ccccc1. The minimum atomic E-state index is -0.886. The second kappa shape index (κ2) is 15.4. The highest BCUT2D eigenvalue weighted by Crippen LogP contribution is 2.11. The average molecular weight is 509 g/mol. The summed E-state index contributed by atoms with van der Waals surface area (Å²) in [7, 11) is 0. The van der Waals surface area contributed by atoms with Gasteiger partial charge >= 0.3 is 6.09 Å². The molecule has 2 aromatic rings. The Labute approximate surface area is 219 Å². The molecule has 0 aliphatic carbocycles. The number of hydrogen-bond donors (Lipinski definition) is 3. The van der Waals surface area contributed by atoms with Crippen LogP contribution in [0, 0.1) is 11.8 Å². The number of alkyl carbamates (subject to hydrolysis) is 1. The van der Waals surface area contributed by atoms with E-state index < -0.39 is 36.0 Å². The van der Waals surface area contributed by atoms with Gasteiger partial charge in [0, 0.05) is 6.42 Å². The van der Waals surface area contributed by atoms with Gasteiger partial charge in [-0.3, -0.25) is 14.4 Å². The summed E-state index contributed by atoms with van der Waals surface area (Å²) in [5.41, 5.74) is 1.71. The van der Waals surface area contributed by atoms with Crippen molar-refractivity contribution >= 4 is 24.2 Å². The molecule has 3 unspecified atom stereocenters. The Morgan fingerprint density at radius 3 is 1.73 bits per heavy atom. The van der Waals surface area contributed by atoms with Crippen molar-refractivity contribution in [3.8, 4) is 0 Å². The Morgan fingerprint density at radius 1 is 0.730 bits per heavy atom. The van der Waals surface area contributed by atoms with Crippen molar-refractivity contribution in [2.45, 2.75) is 71.7 Å². The van der Waals surface area contributed by atoms with Crippen LogP contribution in [0.1, 0.15) is 51.7 Å². The number of nitrogens with one attached hydrogen (secondary N) is 3. The lowest BCUT2D eigenvalue weighted by atomic mass is 9.99. The fraction of sp³-hybridized carbons (Fsp3) is 0.448. The van der Waals surface area contributed by atoms with Crippen molar-refractivity contribution < 1.29 is 23.9 Å². The number of ether oxygens (including phenoxy) is 1. The third kappa shape index (κ3) is 11.3. The third-order valence-electron chi connectivity index (χ3n) is 5.61. The number of carbonyl (C=O) groups is 3. The maximum Gasteiger partial charge on any atom is 0.408 e. The van der Waals surface area contributed by atoms with E-state index in [1.807, 2.05) is 94.6 Å². The predicted molar refractivity (Wildman–Crippen MR) is 142 cm³/mol. The second-order valence-corrected chi connectivity index (χ2v) is 9.95. The van der Waals surface area contributed by atoms with Crippen molar-refractivity contribution in [2.75, 3.05) is 0 Å². The quantitative estimate of drug-likeness (QED) is 0.360. The van der Waals surface area contributed by atoms with Crippen LogP contribution in [0.4, 0.5) is 4.79 Å². The molecule has 8 heteroatoms. The van der Waals surface area contributed by atoms with Gasteiger partial charge in [-0.2, -0.15) is 0 Å². The first-order valence-corrected chi connectivity index (χ1v) is 12.7. The number of rotatable bonds is 14. The van der Waals surface area contributed by atoms with Crippen LogP contribution in [0.25, 0.3) is 0 Å². The van der Waals surface area contributed by atoms with E-state index in [0.717, 1.165) is 11.1 Å². The van der Waals surface area contributed by atoms with E-state index in [1.165, 1.54) is 0 Å². The molecule has 0 aliphatic heterocycles. The van der Waals surface area contributed by atoms with Crippen LogP contribution in [-0.4, -0.2) is 42.3 Å². The molecule has 0 bridgehead atoms. The van der Waals surface area contributed by atoms with Gasteiger partial charge in [-0.15, -0.1) is 0 Å². The summed E-state index contributed by atoms with van der Waals surface area (Å²) in [5.74, 6) is -0.763. The van der Waals surface area contributed by atoms with Gasteiger partial charge in [0.2, 0.25) is 18.1 Å². The molecule has 0 saturated heterocycles. The highest BCUT2D eigenvalue weighted by Gasteiger charge is 2.29. The maximum absolute atomic E-state index is 13.2. The van der Waals surface area contributed by atoms with Crippen molar-refractivity contribution in [3.05, 3.63) is 71.8 Å². The van der Waals surface area contributed by atoms with Crippen LogP contribution in [0.3, 0.4) is 0 Å². The van der Waals surface area contributed by atoms with Gasteiger partial charge in [-0.05, 0) is 35.8 Å². The molecule has 3 amide bonds. The molecule has 0 heterocycles. The Hall–Kier alpha value is -3.68. The summed E-state index contributed by atoms with van der Waals surface area (Å²) in [6, 6.07) is 15.9. The lowest BCUT2D eigenvalue weighted by Crippen LogP contribution is -2.55. The molecule has 0 aliphatic rings. The summed E-state index contributed by atoms with van der Waals surface area (Å²) >= 11 is 0. The van der Waals surface area contributed by atoms with Gasteiger partial charge in [-0.25, -0.2) is 4.79 Å². The van der Waals surface area contributed by atoms with Crippen molar-refractivity contribution in [1.29, 1.82) is 0 Å². The molecule has 0 spiro atoms. The smallest absolute Gasteiger partial charge is 0.408 e. The molecule has 3 atom stereocenters. The van der Waals surface area contributed by atoms with Crippen LogP contribution in [0.2, 0.25) is 0 Å². The largest absolute Gasteiger partial charge is 0.445 e. The first-order chi connectivity index (χ1) is 17.7. The molecular formula is C29H38N3O5. The van der Waals surface area contributed by atoms with E-state index in [2.05, 4.69) is 16.0 Å². The third-order valence-corrected chi connectivity index (χ3v) is 5.61. The fourth-order valence-corrected chi connectivity index (χ4v) is 3.83. The van der Waals surface area contributed by atoms with E-state index in [4.69, 9.17) is 4.74 Å². The van der Waals surface area contributed by atoms with Crippen molar-refractivity contribution in [2.24, 2.45) is 11.8 Å². The molecule has 2 aromatic carbocycles. The highest BCUT2D eigenvalue weighted by atomic mass is 16.5. The van der Waals surface area contributed by atoms with E-state index in [0.29, 0.717) is 19.3 Å². The summed E-state index contributed by atoms with van der Waals surface area (Å²) < 4.78 is 5.28. The first-order valence-electron chi connectivity index (χ1n) is 12.7. The minimum Gasteiger partial charge on any atom is -0.445 e. The molecule has 3 N–H and O–H groups in total. The lowest BCUT2D eigenvalue weighted by molar-refractivity contribution is -0.130. The van der Waals surface area contributed by atoms with Crippen LogP contribution in [0.15, 0.2) is 60.7 Å². The molecule has 199 valence electrons. The molecule has 8 nitrogen and oxygen atoms in total. The van der Waals surface area contributed by atoms with Crippen molar-refractivity contribution in [3.63, 3.8) is 0 Å². The lowest BCUT2D eigenvalue weighted by Gasteiger charge is -2.25.